The molecule has 0 bridgehead atoms. The minimum Gasteiger partial charge on any atom is -0.338 e. The molecule has 9 heteroatoms. The van der Waals surface area contributed by atoms with Crippen LogP contribution in [0.5, 0.6) is 0 Å². The van der Waals surface area contributed by atoms with Crippen LogP contribution in [0.2, 0.25) is 0 Å². The van der Waals surface area contributed by atoms with E-state index >= 15 is 0 Å². The topological polar surface area (TPSA) is 77.6 Å². The zero-order valence-electron chi connectivity index (χ0n) is 20.2. The number of anilines is 2. The molecule has 0 spiro atoms. The van der Waals surface area contributed by atoms with Gasteiger partial charge in [-0.3, -0.25) is 9.59 Å². The first-order valence-electron chi connectivity index (χ1n) is 12.6. The van der Waals surface area contributed by atoms with E-state index in [1.807, 2.05) is 34.5 Å². The Morgan fingerprint density at radius 2 is 1.89 bits per heavy atom. The molecule has 2 heterocycles. The highest BCUT2D eigenvalue weighted by molar-refractivity contribution is 7.80. The smallest absolute Gasteiger partial charge is 0.248 e. The van der Waals surface area contributed by atoms with Crippen molar-refractivity contribution in [3.05, 3.63) is 54.0 Å². The average molecular weight is 522 g/mol. The first-order valence-corrected chi connectivity index (χ1v) is 13.9. The van der Waals surface area contributed by atoms with Crippen LogP contribution in [-0.4, -0.2) is 57.4 Å². The van der Waals surface area contributed by atoms with Crippen molar-refractivity contribution in [1.29, 1.82) is 0 Å². The van der Waals surface area contributed by atoms with Crippen LogP contribution in [-0.2, 0) is 9.59 Å². The highest BCUT2D eigenvalue weighted by Gasteiger charge is 2.36. The minimum absolute atomic E-state index is 0.0709. The number of fused-ring (bicyclic) bond motifs is 1. The summed E-state index contributed by atoms with van der Waals surface area (Å²) >= 11 is 7.08. The number of benzene rings is 2. The number of hydrogen-bond donors (Lipinski definition) is 2. The van der Waals surface area contributed by atoms with Crippen LogP contribution in [0.4, 0.5) is 10.8 Å². The van der Waals surface area contributed by atoms with E-state index in [9.17, 15) is 9.59 Å². The molecule has 0 radical (unpaired) electrons. The van der Waals surface area contributed by atoms with Gasteiger partial charge >= 0.3 is 0 Å². The zero-order chi connectivity index (χ0) is 24.9. The minimum atomic E-state index is -0.494. The Hall–Kier alpha value is -3.04. The van der Waals surface area contributed by atoms with Gasteiger partial charge in [-0.2, -0.15) is 0 Å². The van der Waals surface area contributed by atoms with Gasteiger partial charge < -0.3 is 20.4 Å². The number of carbonyl (C=O) groups is 2. The summed E-state index contributed by atoms with van der Waals surface area (Å²) in [6.07, 6.45) is 8.25. The summed E-state index contributed by atoms with van der Waals surface area (Å²) in [5.74, 6) is 0.248. The summed E-state index contributed by atoms with van der Waals surface area (Å²) in [7, 11) is 0. The quantitative estimate of drug-likeness (QED) is 0.439. The molecule has 7 nitrogen and oxygen atoms in total. The molecule has 1 saturated heterocycles. The molecule has 2 aromatic carbocycles. The second-order valence-electron chi connectivity index (χ2n) is 9.55. The Bertz CT molecular complexity index is 1220. The van der Waals surface area contributed by atoms with Gasteiger partial charge in [0.2, 0.25) is 11.8 Å². The molecule has 1 saturated carbocycles. The Morgan fingerprint density at radius 1 is 1.08 bits per heavy atom. The fourth-order valence-corrected chi connectivity index (χ4v) is 6.10. The predicted molar refractivity (Wildman–Crippen MR) is 149 cm³/mol. The van der Waals surface area contributed by atoms with E-state index in [0.717, 1.165) is 29.3 Å². The SMILES string of the molecule is O=C(Nc1nccs1)C(CC1CCCCC1)N1CCN(C(=S)Nc2cccc3ccccc23)CC1=O. The molecule has 5 rings (SSSR count). The highest BCUT2D eigenvalue weighted by atomic mass is 32.1. The number of thiocarbonyl (C=S) groups is 1. The molecule has 1 aromatic heterocycles. The van der Waals surface area contributed by atoms with Crippen LogP contribution >= 0.6 is 23.6 Å². The summed E-state index contributed by atoms with van der Waals surface area (Å²) < 4.78 is 0. The molecular formula is C27H31N5O2S2. The molecule has 2 amide bonds. The van der Waals surface area contributed by atoms with E-state index in [4.69, 9.17) is 12.2 Å². The highest BCUT2D eigenvalue weighted by Crippen LogP contribution is 2.30. The van der Waals surface area contributed by atoms with E-state index in [-0.39, 0.29) is 18.4 Å². The van der Waals surface area contributed by atoms with E-state index in [1.165, 1.54) is 30.6 Å². The van der Waals surface area contributed by atoms with Gasteiger partial charge in [0.05, 0.1) is 6.54 Å². The van der Waals surface area contributed by atoms with Gasteiger partial charge in [0.15, 0.2) is 10.2 Å². The first kappa shape index (κ1) is 24.6. The molecule has 2 aliphatic rings. The Morgan fingerprint density at radius 3 is 2.67 bits per heavy atom. The number of thiazole rings is 1. The number of nitrogens with zero attached hydrogens (tertiary/aromatic N) is 3. The number of nitrogens with one attached hydrogen (secondary N) is 2. The molecular weight excluding hydrogens is 490 g/mol. The Kier molecular flexibility index (Phi) is 7.77. The van der Waals surface area contributed by atoms with Crippen LogP contribution in [0.15, 0.2) is 54.0 Å². The van der Waals surface area contributed by atoms with Gasteiger partial charge in [-0.05, 0) is 36.0 Å². The van der Waals surface area contributed by atoms with Crippen molar-refractivity contribution in [2.75, 3.05) is 30.3 Å². The molecule has 3 aromatic rings. The lowest BCUT2D eigenvalue weighted by molar-refractivity contribution is -0.142. The fourth-order valence-electron chi connectivity index (χ4n) is 5.31. The Labute approximate surface area is 220 Å². The van der Waals surface area contributed by atoms with Crippen molar-refractivity contribution in [1.82, 2.24) is 14.8 Å². The zero-order valence-corrected chi connectivity index (χ0v) is 21.8. The molecule has 1 aliphatic heterocycles. The van der Waals surface area contributed by atoms with Crippen LogP contribution in [0.3, 0.4) is 0 Å². The number of rotatable bonds is 6. The summed E-state index contributed by atoms with van der Waals surface area (Å²) in [5.41, 5.74) is 0.922. The van der Waals surface area contributed by atoms with Crippen molar-refractivity contribution < 1.29 is 9.59 Å². The molecule has 2 N–H and O–H groups in total. The summed E-state index contributed by atoms with van der Waals surface area (Å²) in [4.78, 5) is 34.5. The van der Waals surface area contributed by atoms with E-state index in [0.29, 0.717) is 35.7 Å². The second kappa shape index (κ2) is 11.3. The van der Waals surface area contributed by atoms with Crippen molar-refractivity contribution >= 4 is 62.1 Å². The van der Waals surface area contributed by atoms with E-state index in [1.54, 1.807) is 11.1 Å². The van der Waals surface area contributed by atoms with Gasteiger partial charge in [-0.1, -0.05) is 68.5 Å². The van der Waals surface area contributed by atoms with Crippen LogP contribution in [0, 0.1) is 5.92 Å². The van der Waals surface area contributed by atoms with E-state index < -0.39 is 6.04 Å². The van der Waals surface area contributed by atoms with Crippen LogP contribution < -0.4 is 10.6 Å². The Balaban J connectivity index is 1.27. The van der Waals surface area contributed by atoms with Crippen LogP contribution in [0.25, 0.3) is 10.8 Å². The van der Waals surface area contributed by atoms with Crippen molar-refractivity contribution in [2.24, 2.45) is 5.92 Å². The van der Waals surface area contributed by atoms with Crippen molar-refractivity contribution in [3.8, 4) is 0 Å². The van der Waals surface area contributed by atoms with Gasteiger partial charge in [-0.15, -0.1) is 11.3 Å². The molecule has 36 heavy (non-hydrogen) atoms. The molecule has 1 unspecified atom stereocenters. The second-order valence-corrected chi connectivity index (χ2v) is 10.8. The monoisotopic (exact) mass is 521 g/mol. The number of aromatic nitrogens is 1. The number of piperazine rings is 1. The van der Waals surface area contributed by atoms with Gasteiger partial charge in [0.25, 0.3) is 0 Å². The number of carbonyl (C=O) groups excluding carboxylic acids is 2. The van der Waals surface area contributed by atoms with Crippen LogP contribution in [0.1, 0.15) is 38.5 Å². The largest absolute Gasteiger partial charge is 0.338 e. The molecule has 1 aliphatic carbocycles. The fraction of sp³-hybridized carbons (Fsp3) is 0.407. The average Bonchev–Trinajstić information content (AvgIpc) is 3.41. The lowest BCUT2D eigenvalue weighted by Crippen LogP contribution is -2.59. The lowest BCUT2D eigenvalue weighted by Gasteiger charge is -2.40. The standard InChI is InChI=1S/C27H31N5O2S2/c33-24-18-31(27(35)29-22-12-6-10-20-9-4-5-11-21(20)22)14-15-32(24)23(17-19-7-2-1-3-8-19)25(34)30-26-28-13-16-36-26/h4-6,9-13,16,19,23H,1-3,7-8,14-15,17-18H2,(H,29,35)(H,28,30,34). The first-order chi connectivity index (χ1) is 17.6. The summed E-state index contributed by atoms with van der Waals surface area (Å²) in [6, 6.07) is 13.7. The predicted octanol–water partition coefficient (Wildman–Crippen LogP) is 5.12. The molecule has 2 fully saturated rings. The van der Waals surface area contributed by atoms with E-state index in [2.05, 4.69) is 33.8 Å². The van der Waals surface area contributed by atoms with Crippen molar-refractivity contribution in [2.45, 2.75) is 44.6 Å². The summed E-state index contributed by atoms with van der Waals surface area (Å²) in [5, 5.41) is 11.4. The van der Waals surface area contributed by atoms with Gasteiger partial charge in [-0.25, -0.2) is 4.98 Å². The third-order valence-electron chi connectivity index (χ3n) is 7.20. The normalized spacial score (nSPS) is 17.7. The lowest BCUT2D eigenvalue weighted by atomic mass is 9.84. The third-order valence-corrected chi connectivity index (χ3v) is 8.25. The number of amides is 2. The van der Waals surface area contributed by atoms with Gasteiger partial charge in [0, 0.05) is 35.7 Å². The maximum atomic E-state index is 13.4. The number of hydrogen-bond acceptors (Lipinski definition) is 5. The van der Waals surface area contributed by atoms with Crippen molar-refractivity contribution in [3.63, 3.8) is 0 Å². The summed E-state index contributed by atoms with van der Waals surface area (Å²) in [6.45, 7) is 1.19. The maximum absolute atomic E-state index is 13.4. The molecule has 188 valence electrons. The third kappa shape index (κ3) is 5.68. The van der Waals surface area contributed by atoms with Gasteiger partial charge in [0.1, 0.15) is 6.04 Å². The maximum Gasteiger partial charge on any atom is 0.248 e. The molecule has 1 atom stereocenters.